The Balaban J connectivity index is 2.05. The Bertz CT molecular complexity index is 399. The van der Waals surface area contributed by atoms with Gasteiger partial charge < -0.3 is 0 Å². The van der Waals surface area contributed by atoms with E-state index < -0.39 is 0 Å². The number of pyridine rings is 1. The molecule has 0 aliphatic heterocycles. The Kier molecular flexibility index (Phi) is 14.7. The van der Waals surface area contributed by atoms with Gasteiger partial charge in [-0.15, -0.1) is 0 Å². The van der Waals surface area contributed by atoms with Gasteiger partial charge in [0.2, 0.25) is 0 Å². The van der Waals surface area contributed by atoms with E-state index in [-0.39, 0.29) is 0 Å². The van der Waals surface area contributed by atoms with Crippen LogP contribution in [0, 0.1) is 0 Å². The number of nitrogens with zero attached hydrogens (tertiary/aromatic N) is 1. The summed E-state index contributed by atoms with van der Waals surface area (Å²) in [6.45, 7) is 5.77. The molecule has 1 aromatic heterocycles. The van der Waals surface area contributed by atoms with Gasteiger partial charge in [0.1, 0.15) is 6.54 Å². The lowest BCUT2D eigenvalue weighted by atomic mass is 10.1. The maximum Gasteiger partial charge on any atom is 0.171 e. The van der Waals surface area contributed by atoms with E-state index in [9.17, 15) is 0 Å². The summed E-state index contributed by atoms with van der Waals surface area (Å²) >= 11 is 0. The van der Waals surface area contributed by atoms with E-state index in [1.807, 2.05) is 0 Å². The Hall–Kier alpha value is -0.850. The van der Waals surface area contributed by atoms with Crippen molar-refractivity contribution < 1.29 is 4.57 Å². The number of hydrogen-bond acceptors (Lipinski definition) is 0. The van der Waals surface area contributed by atoms with E-state index in [2.05, 4.69) is 42.9 Å². The second-order valence-electron chi connectivity index (χ2n) is 7.80. The van der Waals surface area contributed by atoms with Crippen molar-refractivity contribution in [1.29, 1.82) is 0 Å². The predicted molar refractivity (Wildman–Crippen MR) is 111 cm³/mol. The van der Waals surface area contributed by atoms with E-state index in [0.717, 1.165) is 0 Å². The molecule has 1 nitrogen and oxygen atoms in total. The van der Waals surface area contributed by atoms with Crippen LogP contribution in [0.5, 0.6) is 0 Å². The van der Waals surface area contributed by atoms with E-state index in [1.165, 1.54) is 115 Å². The minimum Gasteiger partial charge on any atom is -0.205 e. The van der Waals surface area contributed by atoms with Crippen LogP contribution in [-0.2, 0) is 13.0 Å². The molecule has 0 aliphatic carbocycles. The van der Waals surface area contributed by atoms with Gasteiger partial charge in [0.05, 0.1) is 0 Å². The summed E-state index contributed by atoms with van der Waals surface area (Å²) in [6.07, 6.45) is 26.9. The Labute approximate surface area is 158 Å². The number of aromatic nitrogens is 1. The Morgan fingerprint density at radius 1 is 0.640 bits per heavy atom. The summed E-state index contributed by atoms with van der Waals surface area (Å²) in [5, 5.41) is 0. The van der Waals surface area contributed by atoms with Crippen LogP contribution in [0.4, 0.5) is 0 Å². The third-order valence-electron chi connectivity index (χ3n) is 5.26. The topological polar surface area (TPSA) is 3.88 Å². The lowest BCUT2D eigenvalue weighted by molar-refractivity contribution is -0.697. The fourth-order valence-corrected chi connectivity index (χ4v) is 3.58. The van der Waals surface area contributed by atoms with Gasteiger partial charge in [-0.25, -0.2) is 4.57 Å². The molecule has 0 amide bonds. The molecule has 0 aromatic carbocycles. The predicted octanol–water partition coefficient (Wildman–Crippen LogP) is 7.41. The fourth-order valence-electron chi connectivity index (χ4n) is 3.58. The highest BCUT2D eigenvalue weighted by Gasteiger charge is 2.03. The molecule has 0 fully saturated rings. The Morgan fingerprint density at radius 3 is 1.76 bits per heavy atom. The van der Waals surface area contributed by atoms with Crippen molar-refractivity contribution in [2.45, 2.75) is 123 Å². The highest BCUT2D eigenvalue weighted by Crippen LogP contribution is 2.10. The van der Waals surface area contributed by atoms with Gasteiger partial charge >= 0.3 is 0 Å². The van der Waals surface area contributed by atoms with Gasteiger partial charge in [-0.2, -0.15) is 0 Å². The molecule has 144 valence electrons. The summed E-state index contributed by atoms with van der Waals surface area (Å²) < 4.78 is 2.41. The smallest absolute Gasteiger partial charge is 0.171 e. The summed E-state index contributed by atoms with van der Waals surface area (Å²) in [4.78, 5) is 0. The minimum atomic E-state index is 1.19. The zero-order valence-electron chi connectivity index (χ0n) is 17.3. The quantitative estimate of drug-likeness (QED) is 0.204. The van der Waals surface area contributed by atoms with Gasteiger partial charge in [0.15, 0.2) is 12.4 Å². The van der Waals surface area contributed by atoms with Gasteiger partial charge in [-0.1, -0.05) is 90.9 Å². The number of aryl methyl sites for hydroxylation is 2. The van der Waals surface area contributed by atoms with Gasteiger partial charge in [-0.05, 0) is 25.3 Å². The van der Waals surface area contributed by atoms with Gasteiger partial charge in [0, 0.05) is 18.1 Å². The second-order valence-corrected chi connectivity index (χ2v) is 7.80. The first kappa shape index (κ1) is 22.2. The van der Waals surface area contributed by atoms with Crippen LogP contribution in [-0.4, -0.2) is 0 Å². The first-order valence-corrected chi connectivity index (χ1v) is 11.3. The molecule has 0 atom stereocenters. The number of hydrogen-bond donors (Lipinski definition) is 0. The first-order valence-electron chi connectivity index (χ1n) is 11.3. The first-order chi connectivity index (χ1) is 12.4. The third-order valence-corrected chi connectivity index (χ3v) is 5.26. The van der Waals surface area contributed by atoms with Crippen molar-refractivity contribution in [3.8, 4) is 0 Å². The second kappa shape index (κ2) is 16.6. The van der Waals surface area contributed by atoms with Crippen molar-refractivity contribution in [3.63, 3.8) is 0 Å². The SMILES string of the molecule is CCCCCCCCCC[n+]1cccc(CCCCCCCCC)c1. The number of unbranched alkanes of at least 4 members (excludes halogenated alkanes) is 13. The summed E-state index contributed by atoms with van der Waals surface area (Å²) in [6, 6.07) is 4.54. The zero-order chi connectivity index (χ0) is 18.0. The maximum absolute atomic E-state index is 2.41. The molecule has 0 radical (unpaired) electrons. The van der Waals surface area contributed by atoms with Crippen LogP contribution < -0.4 is 4.57 Å². The third kappa shape index (κ3) is 13.1. The molecule has 0 spiro atoms. The molecule has 1 heteroatoms. The maximum atomic E-state index is 2.41. The molecular weight excluding hydrogens is 302 g/mol. The molecule has 0 bridgehead atoms. The summed E-state index contributed by atoms with van der Waals surface area (Å²) in [7, 11) is 0. The van der Waals surface area contributed by atoms with Crippen molar-refractivity contribution >= 4 is 0 Å². The molecule has 0 aliphatic rings. The van der Waals surface area contributed by atoms with E-state index in [1.54, 1.807) is 0 Å². The molecule has 1 rings (SSSR count). The molecule has 25 heavy (non-hydrogen) atoms. The minimum absolute atomic E-state index is 1.19. The Morgan fingerprint density at radius 2 is 1.16 bits per heavy atom. The van der Waals surface area contributed by atoms with E-state index in [0.29, 0.717) is 0 Å². The van der Waals surface area contributed by atoms with Crippen LogP contribution in [0.1, 0.15) is 116 Å². The fraction of sp³-hybridized carbons (Fsp3) is 0.792. The van der Waals surface area contributed by atoms with Crippen molar-refractivity contribution in [3.05, 3.63) is 30.1 Å². The monoisotopic (exact) mass is 346 g/mol. The average molecular weight is 347 g/mol. The lowest BCUT2D eigenvalue weighted by Gasteiger charge is -2.03. The van der Waals surface area contributed by atoms with Crippen LogP contribution in [0.2, 0.25) is 0 Å². The molecule has 0 saturated heterocycles. The van der Waals surface area contributed by atoms with Crippen LogP contribution in [0.25, 0.3) is 0 Å². The van der Waals surface area contributed by atoms with Gasteiger partial charge in [-0.3, -0.25) is 0 Å². The van der Waals surface area contributed by atoms with Crippen LogP contribution in [0.3, 0.4) is 0 Å². The van der Waals surface area contributed by atoms with E-state index in [4.69, 9.17) is 0 Å². The van der Waals surface area contributed by atoms with Crippen molar-refractivity contribution in [2.24, 2.45) is 0 Å². The largest absolute Gasteiger partial charge is 0.205 e. The summed E-state index contributed by atoms with van der Waals surface area (Å²) in [5.41, 5.74) is 1.52. The highest BCUT2D eigenvalue weighted by atomic mass is 14.9. The molecule has 0 N–H and O–H groups in total. The molecular formula is C24H44N+. The summed E-state index contributed by atoms with van der Waals surface area (Å²) in [5.74, 6) is 0. The number of rotatable bonds is 17. The molecule has 1 heterocycles. The van der Waals surface area contributed by atoms with Crippen LogP contribution >= 0.6 is 0 Å². The van der Waals surface area contributed by atoms with Crippen molar-refractivity contribution in [2.75, 3.05) is 0 Å². The normalized spacial score (nSPS) is 11.1. The zero-order valence-corrected chi connectivity index (χ0v) is 17.3. The standard InChI is InChI=1S/C24H44N/c1-3-5-7-9-11-13-15-17-21-25-22-18-20-24(23-25)19-16-14-12-10-8-6-4-2/h18,20,22-23H,3-17,19,21H2,1-2H3/q+1. The van der Waals surface area contributed by atoms with Crippen molar-refractivity contribution in [1.82, 2.24) is 0 Å². The highest BCUT2D eigenvalue weighted by molar-refractivity contribution is 5.05. The molecule has 1 aromatic rings. The van der Waals surface area contributed by atoms with E-state index >= 15 is 0 Å². The van der Waals surface area contributed by atoms with Crippen LogP contribution in [0.15, 0.2) is 24.5 Å². The molecule has 0 unspecified atom stereocenters. The van der Waals surface area contributed by atoms with Gasteiger partial charge in [0.25, 0.3) is 0 Å². The average Bonchev–Trinajstić information content (AvgIpc) is 2.63. The molecule has 0 saturated carbocycles. The lowest BCUT2D eigenvalue weighted by Crippen LogP contribution is -2.33.